The second kappa shape index (κ2) is 5.63. The van der Waals surface area contributed by atoms with E-state index in [1.54, 1.807) is 0 Å². The minimum atomic E-state index is 0.518. The predicted octanol–water partition coefficient (Wildman–Crippen LogP) is 4.38. The molecule has 1 saturated carbocycles. The normalized spacial score (nSPS) is 17.8. The van der Waals surface area contributed by atoms with Crippen LogP contribution in [0.25, 0.3) is 4.85 Å². The third-order valence-electron chi connectivity index (χ3n) is 3.37. The topological polar surface area (TPSA) is 16.7 Å². The number of nitrogens with zero attached hydrogens (tertiary/aromatic N) is 2. The van der Waals surface area contributed by atoms with E-state index in [-0.39, 0.29) is 0 Å². The number of aliphatic imine (C=N–C) groups is 1. The van der Waals surface area contributed by atoms with Crippen molar-refractivity contribution in [3.63, 3.8) is 0 Å². The van der Waals surface area contributed by atoms with Gasteiger partial charge in [0.2, 0.25) is 0 Å². The molecular formula is C15H18N2. The lowest BCUT2D eigenvalue weighted by Gasteiger charge is -2.18. The van der Waals surface area contributed by atoms with Gasteiger partial charge in [0.1, 0.15) is 0 Å². The van der Waals surface area contributed by atoms with E-state index in [9.17, 15) is 0 Å². The van der Waals surface area contributed by atoms with Crippen LogP contribution in [0.2, 0.25) is 0 Å². The van der Waals surface area contributed by atoms with Gasteiger partial charge >= 0.3 is 0 Å². The van der Waals surface area contributed by atoms with Crippen LogP contribution in [-0.2, 0) is 0 Å². The number of benzene rings is 1. The van der Waals surface area contributed by atoms with Crippen molar-refractivity contribution >= 4 is 11.4 Å². The van der Waals surface area contributed by atoms with Gasteiger partial charge in [-0.2, -0.15) is 0 Å². The minimum Gasteiger partial charge on any atom is -0.286 e. The largest absolute Gasteiger partial charge is 0.286 e. The van der Waals surface area contributed by atoms with Gasteiger partial charge in [0, 0.05) is 5.71 Å². The van der Waals surface area contributed by atoms with Crippen LogP contribution in [0, 0.1) is 6.57 Å². The summed E-state index contributed by atoms with van der Waals surface area (Å²) in [5, 5.41) is 0. The van der Waals surface area contributed by atoms with Crippen molar-refractivity contribution in [1.29, 1.82) is 0 Å². The summed E-state index contributed by atoms with van der Waals surface area (Å²) in [5.74, 6) is 0. The van der Waals surface area contributed by atoms with Gasteiger partial charge in [-0.1, -0.05) is 43.5 Å². The maximum Gasteiger partial charge on any atom is 0.187 e. The van der Waals surface area contributed by atoms with Gasteiger partial charge in [-0.15, -0.1) is 0 Å². The molecule has 0 atom stereocenters. The third-order valence-corrected chi connectivity index (χ3v) is 3.37. The summed E-state index contributed by atoms with van der Waals surface area (Å²) >= 11 is 0. The Balaban J connectivity index is 2.09. The second-order valence-corrected chi connectivity index (χ2v) is 4.67. The molecule has 2 heteroatoms. The molecule has 88 valence electrons. The Morgan fingerprint density at radius 1 is 1.18 bits per heavy atom. The molecule has 0 spiro atoms. The molecule has 1 aromatic rings. The van der Waals surface area contributed by atoms with Crippen LogP contribution in [0.1, 0.15) is 44.6 Å². The Kier molecular flexibility index (Phi) is 3.93. The first-order valence-corrected chi connectivity index (χ1v) is 6.32. The third kappa shape index (κ3) is 3.17. The first kappa shape index (κ1) is 11.9. The summed E-state index contributed by atoms with van der Waals surface area (Å²) in [6.07, 6.45) is 6.47. The Hall–Kier alpha value is -1.62. The monoisotopic (exact) mass is 226 g/mol. The average Bonchev–Trinajstić information content (AvgIpc) is 2.40. The molecule has 0 amide bonds. The number of hydrogen-bond donors (Lipinski definition) is 0. The van der Waals surface area contributed by atoms with E-state index in [0.717, 1.165) is 11.3 Å². The van der Waals surface area contributed by atoms with Crippen LogP contribution in [0.3, 0.4) is 0 Å². The molecule has 0 saturated heterocycles. The first-order valence-electron chi connectivity index (χ1n) is 6.32. The Morgan fingerprint density at radius 2 is 1.82 bits per heavy atom. The van der Waals surface area contributed by atoms with Gasteiger partial charge in [-0.25, -0.2) is 4.85 Å². The van der Waals surface area contributed by atoms with E-state index in [4.69, 9.17) is 11.6 Å². The lowest BCUT2D eigenvalue weighted by Crippen LogP contribution is -2.12. The highest BCUT2D eigenvalue weighted by molar-refractivity contribution is 5.99. The molecule has 0 N–H and O–H groups in total. The van der Waals surface area contributed by atoms with E-state index in [1.807, 2.05) is 24.3 Å². The van der Waals surface area contributed by atoms with Crippen LogP contribution in [0.5, 0.6) is 0 Å². The lowest BCUT2D eigenvalue weighted by molar-refractivity contribution is 0.443. The molecule has 2 rings (SSSR count). The van der Waals surface area contributed by atoms with Crippen molar-refractivity contribution in [2.45, 2.75) is 45.1 Å². The molecule has 2 nitrogen and oxygen atoms in total. The Morgan fingerprint density at radius 3 is 2.41 bits per heavy atom. The fourth-order valence-corrected chi connectivity index (χ4v) is 2.34. The molecule has 1 aliphatic rings. The summed E-state index contributed by atoms with van der Waals surface area (Å²) < 4.78 is 0. The van der Waals surface area contributed by atoms with E-state index in [1.165, 1.54) is 32.1 Å². The highest BCUT2D eigenvalue weighted by atomic mass is 14.8. The highest BCUT2D eigenvalue weighted by Gasteiger charge is 2.12. The van der Waals surface area contributed by atoms with Gasteiger partial charge in [0.25, 0.3) is 0 Å². The summed E-state index contributed by atoms with van der Waals surface area (Å²) in [4.78, 5) is 8.20. The first-order chi connectivity index (χ1) is 8.29. The van der Waals surface area contributed by atoms with Crippen LogP contribution in [-0.4, -0.2) is 11.8 Å². The van der Waals surface area contributed by atoms with Crippen molar-refractivity contribution in [3.05, 3.63) is 41.2 Å². The molecule has 0 aliphatic heterocycles. The summed E-state index contributed by atoms with van der Waals surface area (Å²) in [6, 6.07) is 8.23. The van der Waals surface area contributed by atoms with Crippen LogP contribution >= 0.6 is 0 Å². The minimum absolute atomic E-state index is 0.518. The van der Waals surface area contributed by atoms with Crippen LogP contribution in [0.4, 0.5) is 5.69 Å². The highest BCUT2D eigenvalue weighted by Crippen LogP contribution is 2.21. The molecule has 0 aromatic heterocycles. The maximum absolute atomic E-state index is 6.92. The number of rotatable bonds is 2. The molecule has 0 unspecified atom stereocenters. The fourth-order valence-electron chi connectivity index (χ4n) is 2.34. The zero-order valence-corrected chi connectivity index (χ0v) is 10.3. The van der Waals surface area contributed by atoms with Crippen LogP contribution < -0.4 is 0 Å². The van der Waals surface area contributed by atoms with E-state index in [2.05, 4.69) is 11.8 Å². The van der Waals surface area contributed by atoms with Gasteiger partial charge in [-0.3, -0.25) is 4.99 Å². The quantitative estimate of drug-likeness (QED) is 0.526. The summed E-state index contributed by atoms with van der Waals surface area (Å²) in [7, 11) is 0. The summed E-state index contributed by atoms with van der Waals surface area (Å²) in [5.41, 5.74) is 2.94. The maximum atomic E-state index is 6.92. The molecule has 0 radical (unpaired) electrons. The standard InChI is InChI=1S/C15H18N2/c1-12(17-15-6-4-3-5-7-15)13-8-10-14(16-2)11-9-13/h8-11,15H,3-7H2,1H3. The van der Waals surface area contributed by atoms with Crippen LogP contribution in [0.15, 0.2) is 29.3 Å². The van der Waals surface area contributed by atoms with E-state index in [0.29, 0.717) is 11.7 Å². The van der Waals surface area contributed by atoms with Crippen molar-refractivity contribution < 1.29 is 0 Å². The molecule has 0 heterocycles. The smallest absolute Gasteiger partial charge is 0.187 e. The second-order valence-electron chi connectivity index (χ2n) is 4.67. The summed E-state index contributed by atoms with van der Waals surface area (Å²) in [6.45, 7) is 8.99. The number of hydrogen-bond acceptors (Lipinski definition) is 1. The van der Waals surface area contributed by atoms with E-state index < -0.39 is 0 Å². The Bertz CT molecular complexity index is 431. The van der Waals surface area contributed by atoms with Crippen molar-refractivity contribution in [2.75, 3.05) is 0 Å². The van der Waals surface area contributed by atoms with Gasteiger partial charge in [0.05, 0.1) is 12.6 Å². The molecular weight excluding hydrogens is 208 g/mol. The molecule has 1 aromatic carbocycles. The lowest BCUT2D eigenvalue weighted by atomic mass is 9.95. The van der Waals surface area contributed by atoms with Gasteiger partial charge in [0.15, 0.2) is 5.69 Å². The van der Waals surface area contributed by atoms with E-state index >= 15 is 0 Å². The predicted molar refractivity (Wildman–Crippen MR) is 71.8 cm³/mol. The molecule has 1 fully saturated rings. The molecule has 1 aliphatic carbocycles. The zero-order chi connectivity index (χ0) is 12.1. The Labute approximate surface area is 103 Å². The molecule has 0 bridgehead atoms. The SMILES string of the molecule is [C-]#[N+]c1ccc(C(C)=NC2CCCCC2)cc1. The van der Waals surface area contributed by atoms with Gasteiger partial charge < -0.3 is 0 Å². The van der Waals surface area contributed by atoms with Gasteiger partial charge in [-0.05, 0) is 25.3 Å². The zero-order valence-electron chi connectivity index (χ0n) is 10.3. The van der Waals surface area contributed by atoms with Crippen molar-refractivity contribution in [3.8, 4) is 0 Å². The molecule has 17 heavy (non-hydrogen) atoms. The average molecular weight is 226 g/mol. The van der Waals surface area contributed by atoms with Crippen molar-refractivity contribution in [2.24, 2.45) is 4.99 Å². The fraction of sp³-hybridized carbons (Fsp3) is 0.467. The van der Waals surface area contributed by atoms with Crippen molar-refractivity contribution in [1.82, 2.24) is 0 Å².